The zero-order valence-corrected chi connectivity index (χ0v) is 10.6. The van der Waals surface area contributed by atoms with Gasteiger partial charge in [0, 0.05) is 6.54 Å². The molecule has 0 aromatic carbocycles. The fraction of sp³-hybridized carbons (Fsp3) is 0.600. The van der Waals surface area contributed by atoms with Crippen LogP contribution in [0.25, 0.3) is 0 Å². The highest BCUT2D eigenvalue weighted by molar-refractivity contribution is 5.22. The lowest BCUT2D eigenvalue weighted by atomic mass is 10.2. The number of ether oxygens (including phenoxy) is 1. The van der Waals surface area contributed by atoms with Crippen LogP contribution in [0.5, 0.6) is 0 Å². The van der Waals surface area contributed by atoms with Crippen LogP contribution in [0, 0.1) is 0 Å². The number of likely N-dealkylation sites (tertiary alicyclic amines) is 1. The van der Waals surface area contributed by atoms with Crippen LogP contribution in [0.1, 0.15) is 32.1 Å². The summed E-state index contributed by atoms with van der Waals surface area (Å²) in [6.07, 6.45) is 17.0. The van der Waals surface area contributed by atoms with Gasteiger partial charge in [-0.25, -0.2) is 0 Å². The van der Waals surface area contributed by atoms with Gasteiger partial charge in [0.1, 0.15) is 12.4 Å². The van der Waals surface area contributed by atoms with E-state index in [9.17, 15) is 0 Å². The van der Waals surface area contributed by atoms with E-state index in [0.717, 1.165) is 25.3 Å². The van der Waals surface area contributed by atoms with E-state index in [2.05, 4.69) is 29.2 Å². The molecule has 0 spiro atoms. The molecule has 0 aromatic heterocycles. The molecule has 1 heterocycles. The fourth-order valence-electron chi connectivity index (χ4n) is 2.31. The van der Waals surface area contributed by atoms with Crippen molar-refractivity contribution in [2.75, 3.05) is 26.2 Å². The van der Waals surface area contributed by atoms with Crippen LogP contribution in [-0.4, -0.2) is 31.1 Å². The number of nitrogens with zero attached hydrogens (tertiary/aromatic N) is 1. The minimum absolute atomic E-state index is 0.810. The van der Waals surface area contributed by atoms with Gasteiger partial charge < -0.3 is 4.74 Å². The summed E-state index contributed by atoms with van der Waals surface area (Å²) in [5, 5.41) is 0. The first-order chi connectivity index (χ1) is 8.45. The molecule has 2 aliphatic rings. The van der Waals surface area contributed by atoms with Gasteiger partial charge in [-0.3, -0.25) is 4.90 Å². The predicted molar refractivity (Wildman–Crippen MR) is 71.8 cm³/mol. The number of allylic oxidation sites excluding steroid dienone is 5. The number of hydrogen-bond acceptors (Lipinski definition) is 2. The fourth-order valence-corrected chi connectivity index (χ4v) is 2.31. The van der Waals surface area contributed by atoms with Gasteiger partial charge in [-0.1, -0.05) is 31.1 Å². The van der Waals surface area contributed by atoms with Crippen molar-refractivity contribution in [3.05, 3.63) is 36.1 Å². The first kappa shape index (κ1) is 12.4. The molecule has 1 aliphatic heterocycles. The van der Waals surface area contributed by atoms with E-state index in [1.54, 1.807) is 0 Å². The molecular formula is C15H23NO. The molecule has 2 heteroatoms. The molecule has 0 bridgehead atoms. The van der Waals surface area contributed by atoms with E-state index in [4.69, 9.17) is 4.74 Å². The quantitative estimate of drug-likeness (QED) is 0.739. The molecule has 2 nitrogen and oxygen atoms in total. The molecule has 2 rings (SSSR count). The molecule has 94 valence electrons. The first-order valence-corrected chi connectivity index (χ1v) is 6.84. The normalized spacial score (nSPS) is 21.8. The standard InChI is InChI=1S/C15H23NO/c1-2-6-10-15(9-5-1)17-14-13-16-11-7-3-4-8-12-16/h1,5-6,9-10H,2-4,7-8,11-14H2. The smallest absolute Gasteiger partial charge is 0.119 e. The number of rotatable bonds is 4. The highest BCUT2D eigenvalue weighted by atomic mass is 16.5. The van der Waals surface area contributed by atoms with Crippen LogP contribution in [-0.2, 0) is 4.74 Å². The van der Waals surface area contributed by atoms with Crippen molar-refractivity contribution < 1.29 is 4.74 Å². The van der Waals surface area contributed by atoms with E-state index in [1.165, 1.54) is 38.8 Å². The first-order valence-electron chi connectivity index (χ1n) is 6.84. The van der Waals surface area contributed by atoms with Crippen molar-refractivity contribution >= 4 is 0 Å². The van der Waals surface area contributed by atoms with Crippen LogP contribution in [0.15, 0.2) is 36.1 Å². The van der Waals surface area contributed by atoms with E-state index in [-0.39, 0.29) is 0 Å². The topological polar surface area (TPSA) is 12.5 Å². The molecule has 0 aromatic rings. The summed E-state index contributed by atoms with van der Waals surface area (Å²) >= 11 is 0. The number of hydrogen-bond donors (Lipinski definition) is 0. The average molecular weight is 233 g/mol. The summed E-state index contributed by atoms with van der Waals surface area (Å²) in [7, 11) is 0. The lowest BCUT2D eigenvalue weighted by Crippen LogP contribution is -2.28. The Kier molecular flexibility index (Phi) is 5.37. The second-order valence-electron chi connectivity index (χ2n) is 4.74. The Labute approximate surface area is 105 Å². The minimum Gasteiger partial charge on any atom is -0.492 e. The Morgan fingerprint density at radius 2 is 1.88 bits per heavy atom. The molecule has 1 aliphatic carbocycles. The van der Waals surface area contributed by atoms with E-state index >= 15 is 0 Å². The Bertz CT molecular complexity index is 296. The summed E-state index contributed by atoms with van der Waals surface area (Å²) in [6.45, 7) is 4.37. The minimum atomic E-state index is 0.810. The molecule has 1 fully saturated rings. The van der Waals surface area contributed by atoms with Crippen molar-refractivity contribution in [3.63, 3.8) is 0 Å². The Morgan fingerprint density at radius 3 is 2.71 bits per heavy atom. The van der Waals surface area contributed by atoms with E-state index < -0.39 is 0 Å². The second kappa shape index (κ2) is 7.33. The Balaban J connectivity index is 1.67. The van der Waals surface area contributed by atoms with Crippen LogP contribution in [0.3, 0.4) is 0 Å². The summed E-state index contributed by atoms with van der Waals surface area (Å²) in [4.78, 5) is 2.53. The summed E-state index contributed by atoms with van der Waals surface area (Å²) < 4.78 is 5.79. The molecule has 17 heavy (non-hydrogen) atoms. The molecule has 0 radical (unpaired) electrons. The predicted octanol–water partition coefficient (Wildman–Crippen LogP) is 3.28. The van der Waals surface area contributed by atoms with Gasteiger partial charge in [-0.15, -0.1) is 0 Å². The van der Waals surface area contributed by atoms with Crippen molar-refractivity contribution in [2.45, 2.75) is 32.1 Å². The monoisotopic (exact) mass is 233 g/mol. The van der Waals surface area contributed by atoms with Crippen molar-refractivity contribution in [1.29, 1.82) is 0 Å². The summed E-state index contributed by atoms with van der Waals surface area (Å²) in [6, 6.07) is 0. The van der Waals surface area contributed by atoms with Gasteiger partial charge in [0.05, 0.1) is 0 Å². The molecule has 1 saturated heterocycles. The SMILES string of the molecule is C1=CCC=CC(OCCN2CCCCCC2)=C1. The molecule has 0 unspecified atom stereocenters. The largest absolute Gasteiger partial charge is 0.492 e. The molecule has 0 amide bonds. The zero-order valence-electron chi connectivity index (χ0n) is 10.6. The third-order valence-corrected chi connectivity index (χ3v) is 3.33. The Hall–Kier alpha value is -1.02. The van der Waals surface area contributed by atoms with Crippen LogP contribution >= 0.6 is 0 Å². The van der Waals surface area contributed by atoms with Crippen LogP contribution in [0.2, 0.25) is 0 Å². The maximum absolute atomic E-state index is 5.79. The van der Waals surface area contributed by atoms with Gasteiger partial charge in [0.15, 0.2) is 0 Å². The lowest BCUT2D eigenvalue weighted by molar-refractivity contribution is 0.167. The third-order valence-electron chi connectivity index (χ3n) is 3.33. The van der Waals surface area contributed by atoms with Crippen molar-refractivity contribution in [2.24, 2.45) is 0 Å². The van der Waals surface area contributed by atoms with Gasteiger partial charge in [-0.05, 0) is 44.5 Å². The molecule has 0 saturated carbocycles. The highest BCUT2D eigenvalue weighted by Gasteiger charge is 2.08. The average Bonchev–Trinajstić information content (AvgIpc) is 2.73. The van der Waals surface area contributed by atoms with Crippen molar-refractivity contribution in [1.82, 2.24) is 4.90 Å². The van der Waals surface area contributed by atoms with Crippen molar-refractivity contribution in [3.8, 4) is 0 Å². The maximum atomic E-state index is 5.79. The van der Waals surface area contributed by atoms with E-state index in [0.29, 0.717) is 0 Å². The maximum Gasteiger partial charge on any atom is 0.119 e. The van der Waals surface area contributed by atoms with Crippen LogP contribution < -0.4 is 0 Å². The summed E-state index contributed by atoms with van der Waals surface area (Å²) in [5.41, 5.74) is 0. The second-order valence-corrected chi connectivity index (χ2v) is 4.74. The van der Waals surface area contributed by atoms with Gasteiger partial charge in [0.2, 0.25) is 0 Å². The highest BCUT2D eigenvalue weighted by Crippen LogP contribution is 2.10. The molecule has 0 N–H and O–H groups in total. The zero-order chi connectivity index (χ0) is 11.8. The lowest BCUT2D eigenvalue weighted by Gasteiger charge is -2.19. The summed E-state index contributed by atoms with van der Waals surface area (Å²) in [5.74, 6) is 0.994. The third kappa shape index (κ3) is 4.78. The molecular weight excluding hydrogens is 210 g/mol. The molecule has 0 atom stereocenters. The van der Waals surface area contributed by atoms with Gasteiger partial charge in [0.25, 0.3) is 0 Å². The Morgan fingerprint density at radius 1 is 1.06 bits per heavy atom. The van der Waals surface area contributed by atoms with Crippen LogP contribution in [0.4, 0.5) is 0 Å². The van der Waals surface area contributed by atoms with E-state index in [1.807, 2.05) is 6.08 Å². The van der Waals surface area contributed by atoms with Gasteiger partial charge in [-0.2, -0.15) is 0 Å². The van der Waals surface area contributed by atoms with Gasteiger partial charge >= 0.3 is 0 Å².